The van der Waals surface area contributed by atoms with Crippen LogP contribution in [0.15, 0.2) is 59.5 Å². The van der Waals surface area contributed by atoms with Crippen LogP contribution in [0.2, 0.25) is 0 Å². The number of ether oxygens (including phenoxy) is 1. The van der Waals surface area contributed by atoms with E-state index < -0.39 is 27.3 Å². The number of nitrogens with two attached hydrogens (primary N) is 1. The Balaban J connectivity index is 1.53. The maximum absolute atomic E-state index is 13.8. The summed E-state index contributed by atoms with van der Waals surface area (Å²) in [5, 5.41) is 5.05. The number of hydrogen-bond donors (Lipinski definition) is 3. The molecule has 1 aliphatic carbocycles. The maximum Gasteiger partial charge on any atom is 0.319 e. The largest absolute Gasteiger partial charge is 0.399 e. The van der Waals surface area contributed by atoms with Gasteiger partial charge in [-0.05, 0) is 68.3 Å². The molecule has 0 bridgehead atoms. The summed E-state index contributed by atoms with van der Waals surface area (Å²) in [5.74, 6) is 1.02. The minimum Gasteiger partial charge on any atom is -0.399 e. The van der Waals surface area contributed by atoms with Gasteiger partial charge in [-0.1, -0.05) is 0 Å². The summed E-state index contributed by atoms with van der Waals surface area (Å²) in [6.45, 7) is 3.00. The highest BCUT2D eigenvalue weighted by Crippen LogP contribution is 2.55. The predicted molar refractivity (Wildman–Crippen MR) is 147 cm³/mol. The number of aromatic nitrogens is 2. The number of nitrogens with zero attached hydrogens (tertiary/aromatic N) is 3. The number of sulfone groups is 1. The highest BCUT2D eigenvalue weighted by atomic mass is 32.2. The summed E-state index contributed by atoms with van der Waals surface area (Å²) in [4.78, 5) is 23.8. The average molecular weight is 555 g/mol. The first-order valence-corrected chi connectivity index (χ1v) is 14.3. The van der Waals surface area contributed by atoms with Gasteiger partial charge in [-0.3, -0.25) is 0 Å². The van der Waals surface area contributed by atoms with Crippen molar-refractivity contribution in [2.24, 2.45) is 0 Å². The molecule has 1 atom stereocenters. The summed E-state index contributed by atoms with van der Waals surface area (Å²) in [7, 11) is -3.76. The van der Waals surface area contributed by atoms with Gasteiger partial charge in [0.2, 0.25) is 0 Å². The number of nitrogen functional groups attached to an aromatic ring is 1. The second-order valence-corrected chi connectivity index (χ2v) is 12.0. The molecule has 2 aliphatic rings. The van der Waals surface area contributed by atoms with E-state index in [1.54, 1.807) is 42.5 Å². The molecule has 12 heteroatoms. The molecule has 39 heavy (non-hydrogen) atoms. The number of halogens is 1. The van der Waals surface area contributed by atoms with Crippen LogP contribution >= 0.6 is 0 Å². The lowest BCUT2D eigenvalue weighted by Gasteiger charge is -2.34. The molecule has 206 valence electrons. The van der Waals surface area contributed by atoms with Crippen LogP contribution in [-0.4, -0.2) is 63.4 Å². The van der Waals surface area contributed by atoms with Crippen molar-refractivity contribution >= 4 is 33.1 Å². The van der Waals surface area contributed by atoms with Crippen molar-refractivity contribution in [3.05, 3.63) is 60.3 Å². The van der Waals surface area contributed by atoms with Gasteiger partial charge in [0.05, 0.1) is 29.8 Å². The van der Waals surface area contributed by atoms with E-state index in [-0.39, 0.29) is 17.5 Å². The second kappa shape index (κ2) is 10.8. The molecule has 2 amide bonds. The van der Waals surface area contributed by atoms with E-state index in [9.17, 15) is 17.6 Å². The number of urea groups is 1. The van der Waals surface area contributed by atoms with E-state index in [1.807, 2.05) is 6.92 Å². The number of carbonyl (C=O) groups excluding carboxylic acids is 1. The normalized spacial score (nSPS) is 18.4. The van der Waals surface area contributed by atoms with Crippen LogP contribution in [0.25, 0.3) is 11.4 Å². The van der Waals surface area contributed by atoms with Gasteiger partial charge in [-0.25, -0.2) is 27.6 Å². The van der Waals surface area contributed by atoms with Crippen molar-refractivity contribution < 1.29 is 22.3 Å². The van der Waals surface area contributed by atoms with Gasteiger partial charge >= 0.3 is 6.03 Å². The van der Waals surface area contributed by atoms with Gasteiger partial charge in [0.15, 0.2) is 15.7 Å². The van der Waals surface area contributed by atoms with Crippen molar-refractivity contribution in [2.45, 2.75) is 35.4 Å². The zero-order chi connectivity index (χ0) is 27.6. The standard InChI is InChI=1S/C27H31FN6O4S/c1-18-17-38-15-14-34(18)24-16-23(27(10-11-27)39(36,37)22-8-4-20(29)5-9-22)32-25(33-24)19-2-6-21(7-3-19)31-26(35)30-13-12-28/h2-9,16,18H,10-15,17,29H2,1H3,(H2,30,31,35)/t18-/m0/s1. The molecule has 1 aromatic heterocycles. The van der Waals surface area contributed by atoms with E-state index in [2.05, 4.69) is 15.5 Å². The van der Waals surface area contributed by atoms with E-state index in [0.29, 0.717) is 66.9 Å². The Morgan fingerprint density at radius 1 is 1.15 bits per heavy atom. The Morgan fingerprint density at radius 2 is 1.87 bits per heavy atom. The molecule has 1 aliphatic heterocycles. The molecule has 1 saturated carbocycles. The Hall–Kier alpha value is -3.77. The van der Waals surface area contributed by atoms with E-state index in [1.165, 1.54) is 12.1 Å². The number of amides is 2. The number of morpholine rings is 1. The van der Waals surface area contributed by atoms with Gasteiger partial charge in [0, 0.05) is 36.1 Å². The van der Waals surface area contributed by atoms with Gasteiger partial charge in [-0.15, -0.1) is 0 Å². The average Bonchev–Trinajstić information content (AvgIpc) is 3.76. The Labute approximate surface area is 226 Å². The minimum absolute atomic E-state index is 0.0487. The van der Waals surface area contributed by atoms with Crippen LogP contribution in [-0.2, 0) is 19.3 Å². The number of nitrogens with one attached hydrogen (secondary N) is 2. The lowest BCUT2D eigenvalue weighted by Crippen LogP contribution is -2.44. The smallest absolute Gasteiger partial charge is 0.319 e. The summed E-state index contributed by atoms with van der Waals surface area (Å²) in [5.41, 5.74) is 7.90. The van der Waals surface area contributed by atoms with E-state index >= 15 is 0 Å². The number of hydrogen-bond acceptors (Lipinski definition) is 8. The third-order valence-corrected chi connectivity index (χ3v) is 9.57. The first-order valence-electron chi connectivity index (χ1n) is 12.8. The summed E-state index contributed by atoms with van der Waals surface area (Å²) in [6, 6.07) is 14.5. The molecular weight excluding hydrogens is 523 g/mol. The highest BCUT2D eigenvalue weighted by molar-refractivity contribution is 7.92. The molecule has 5 rings (SSSR count). The second-order valence-electron chi connectivity index (χ2n) is 9.77. The SMILES string of the molecule is C[C@H]1COCCN1c1cc(C2(S(=O)(=O)c3ccc(N)cc3)CC2)nc(-c2ccc(NC(=O)NCCF)cc2)n1. The molecular formula is C27H31FN6O4S. The Bertz CT molecular complexity index is 1450. The Morgan fingerprint density at radius 3 is 2.51 bits per heavy atom. The molecule has 0 unspecified atom stereocenters. The molecule has 4 N–H and O–H groups in total. The first-order chi connectivity index (χ1) is 18.7. The Kier molecular flexibility index (Phi) is 7.41. The third-order valence-electron chi connectivity index (χ3n) is 7.03. The predicted octanol–water partition coefficient (Wildman–Crippen LogP) is 3.50. The van der Waals surface area contributed by atoms with Crippen LogP contribution in [0.3, 0.4) is 0 Å². The molecule has 2 aromatic carbocycles. The number of carbonyl (C=O) groups is 1. The quantitative estimate of drug-likeness (QED) is 0.360. The van der Waals surface area contributed by atoms with Crippen LogP contribution in [0.4, 0.5) is 26.4 Å². The lowest BCUT2D eigenvalue weighted by atomic mass is 10.1. The van der Waals surface area contributed by atoms with Crippen LogP contribution in [0, 0.1) is 0 Å². The van der Waals surface area contributed by atoms with Gasteiger partial charge in [0.25, 0.3) is 0 Å². The molecule has 1 saturated heterocycles. The number of rotatable bonds is 8. The fourth-order valence-electron chi connectivity index (χ4n) is 4.70. The summed E-state index contributed by atoms with van der Waals surface area (Å²) < 4.78 is 44.5. The van der Waals surface area contributed by atoms with Crippen molar-refractivity contribution in [1.29, 1.82) is 0 Å². The lowest BCUT2D eigenvalue weighted by molar-refractivity contribution is 0.0985. The van der Waals surface area contributed by atoms with Gasteiger partial charge < -0.3 is 26.0 Å². The summed E-state index contributed by atoms with van der Waals surface area (Å²) in [6.07, 6.45) is 0.899. The number of benzene rings is 2. The first kappa shape index (κ1) is 26.8. The molecule has 2 fully saturated rings. The fourth-order valence-corrected chi connectivity index (χ4v) is 6.66. The number of alkyl halides is 1. The molecule has 0 spiro atoms. The monoisotopic (exact) mass is 554 g/mol. The van der Waals surface area contributed by atoms with Crippen LogP contribution < -0.4 is 21.3 Å². The van der Waals surface area contributed by atoms with E-state index in [0.717, 1.165) is 0 Å². The highest BCUT2D eigenvalue weighted by Gasteiger charge is 2.58. The third kappa shape index (κ3) is 5.39. The molecule has 2 heterocycles. The number of anilines is 3. The van der Waals surface area contributed by atoms with Crippen LogP contribution in [0.5, 0.6) is 0 Å². The maximum atomic E-state index is 13.8. The van der Waals surface area contributed by atoms with Crippen molar-refractivity contribution in [2.75, 3.05) is 48.9 Å². The zero-order valence-corrected chi connectivity index (χ0v) is 22.4. The molecule has 3 aromatic rings. The molecule has 0 radical (unpaired) electrons. The topological polar surface area (TPSA) is 140 Å². The van der Waals surface area contributed by atoms with Crippen molar-refractivity contribution in [3.8, 4) is 11.4 Å². The van der Waals surface area contributed by atoms with Crippen molar-refractivity contribution in [3.63, 3.8) is 0 Å². The zero-order valence-electron chi connectivity index (χ0n) is 21.6. The fraction of sp³-hybridized carbons (Fsp3) is 0.370. The molecule has 10 nitrogen and oxygen atoms in total. The van der Waals surface area contributed by atoms with E-state index in [4.69, 9.17) is 20.4 Å². The van der Waals surface area contributed by atoms with Crippen LogP contribution in [0.1, 0.15) is 25.5 Å². The summed E-state index contributed by atoms with van der Waals surface area (Å²) >= 11 is 0. The minimum atomic E-state index is -3.76. The van der Waals surface area contributed by atoms with Gasteiger partial charge in [0.1, 0.15) is 17.2 Å². The van der Waals surface area contributed by atoms with Crippen molar-refractivity contribution in [1.82, 2.24) is 15.3 Å². The van der Waals surface area contributed by atoms with Gasteiger partial charge in [-0.2, -0.15) is 0 Å².